The Balaban J connectivity index is 1.77. The van der Waals surface area contributed by atoms with Crippen molar-refractivity contribution < 1.29 is 9.59 Å². The van der Waals surface area contributed by atoms with Crippen molar-refractivity contribution in [2.45, 2.75) is 26.2 Å². The summed E-state index contributed by atoms with van der Waals surface area (Å²) in [5, 5.41) is 0. The van der Waals surface area contributed by atoms with Crippen LogP contribution in [0.4, 0.5) is 5.69 Å². The molecule has 2 rings (SSSR count). The predicted octanol–water partition coefficient (Wildman–Crippen LogP) is 0.804. The van der Waals surface area contributed by atoms with Gasteiger partial charge in [0.2, 0.25) is 11.8 Å². The van der Waals surface area contributed by atoms with E-state index in [4.69, 9.17) is 5.84 Å². The number of carbonyl (C=O) groups excluding carboxylic acids is 2. The molecular weight excluding hydrogens is 280 g/mol. The highest BCUT2D eigenvalue weighted by Crippen LogP contribution is 2.18. The molecule has 0 radical (unpaired) electrons. The van der Waals surface area contributed by atoms with E-state index < -0.39 is 0 Å². The molecule has 0 saturated carbocycles. The molecule has 2 amide bonds. The lowest BCUT2D eigenvalue weighted by atomic mass is 10.1. The highest BCUT2D eigenvalue weighted by Gasteiger charge is 2.21. The highest BCUT2D eigenvalue weighted by molar-refractivity contribution is 5.78. The van der Waals surface area contributed by atoms with Gasteiger partial charge in [-0.25, -0.2) is 5.84 Å². The van der Waals surface area contributed by atoms with Gasteiger partial charge in [-0.1, -0.05) is 12.1 Å². The van der Waals surface area contributed by atoms with Gasteiger partial charge in [-0.2, -0.15) is 0 Å². The van der Waals surface area contributed by atoms with Gasteiger partial charge >= 0.3 is 0 Å². The van der Waals surface area contributed by atoms with Crippen LogP contribution < -0.4 is 16.2 Å². The number of amides is 2. The Morgan fingerprint density at radius 2 is 1.91 bits per heavy atom. The predicted molar refractivity (Wildman–Crippen MR) is 86.2 cm³/mol. The van der Waals surface area contributed by atoms with Crippen molar-refractivity contribution in [3.05, 3.63) is 29.8 Å². The molecule has 1 fully saturated rings. The maximum Gasteiger partial charge on any atom is 0.233 e. The molecule has 0 unspecified atom stereocenters. The molecule has 3 N–H and O–H groups in total. The number of anilines is 1. The molecule has 0 spiro atoms. The van der Waals surface area contributed by atoms with E-state index in [1.54, 1.807) is 0 Å². The third-order valence-corrected chi connectivity index (χ3v) is 3.95. The summed E-state index contributed by atoms with van der Waals surface area (Å²) >= 11 is 0. The van der Waals surface area contributed by atoms with E-state index in [9.17, 15) is 9.59 Å². The van der Waals surface area contributed by atoms with E-state index in [1.165, 1.54) is 11.3 Å². The Hall–Kier alpha value is -2.08. The van der Waals surface area contributed by atoms with Gasteiger partial charge in [0, 0.05) is 44.7 Å². The number of hydrogen-bond acceptors (Lipinski definition) is 4. The van der Waals surface area contributed by atoms with Crippen LogP contribution in [0.3, 0.4) is 0 Å². The highest BCUT2D eigenvalue weighted by atomic mass is 16.2. The molecule has 120 valence electrons. The molecule has 0 atom stereocenters. The van der Waals surface area contributed by atoms with Gasteiger partial charge in [-0.15, -0.1) is 0 Å². The van der Waals surface area contributed by atoms with Crippen molar-refractivity contribution in [2.75, 3.05) is 31.1 Å². The number of hydrazine groups is 1. The van der Waals surface area contributed by atoms with E-state index in [-0.39, 0.29) is 11.8 Å². The average molecular weight is 304 g/mol. The molecule has 1 heterocycles. The molecule has 0 aromatic heterocycles. The first-order chi connectivity index (χ1) is 10.6. The summed E-state index contributed by atoms with van der Waals surface area (Å²) in [7, 11) is 0. The number of carbonyl (C=O) groups is 2. The smallest absolute Gasteiger partial charge is 0.233 e. The summed E-state index contributed by atoms with van der Waals surface area (Å²) in [6, 6.07) is 8.42. The van der Waals surface area contributed by atoms with E-state index in [2.05, 4.69) is 41.5 Å². The van der Waals surface area contributed by atoms with Crippen molar-refractivity contribution in [1.29, 1.82) is 0 Å². The van der Waals surface area contributed by atoms with Crippen molar-refractivity contribution in [3.63, 3.8) is 0 Å². The number of benzene rings is 1. The van der Waals surface area contributed by atoms with Crippen LogP contribution in [0.2, 0.25) is 0 Å². The number of nitrogens with zero attached hydrogens (tertiary/aromatic N) is 2. The van der Waals surface area contributed by atoms with Crippen LogP contribution >= 0.6 is 0 Å². The molecule has 6 nitrogen and oxygen atoms in total. The fourth-order valence-corrected chi connectivity index (χ4v) is 2.67. The minimum absolute atomic E-state index is 0.119. The number of piperazine rings is 1. The summed E-state index contributed by atoms with van der Waals surface area (Å²) < 4.78 is 0. The van der Waals surface area contributed by atoms with Crippen molar-refractivity contribution >= 4 is 17.5 Å². The molecule has 1 aromatic rings. The number of hydrogen-bond donors (Lipinski definition) is 2. The molecule has 6 heteroatoms. The number of rotatable bonds is 5. The van der Waals surface area contributed by atoms with Crippen LogP contribution in [0.25, 0.3) is 0 Å². The largest absolute Gasteiger partial charge is 0.368 e. The Morgan fingerprint density at radius 3 is 2.55 bits per heavy atom. The van der Waals surface area contributed by atoms with Gasteiger partial charge in [-0.05, 0) is 31.0 Å². The first-order valence-corrected chi connectivity index (χ1v) is 7.69. The van der Waals surface area contributed by atoms with Crippen LogP contribution in [0, 0.1) is 6.92 Å². The van der Waals surface area contributed by atoms with Crippen LogP contribution in [0.1, 0.15) is 24.8 Å². The van der Waals surface area contributed by atoms with E-state index in [0.717, 1.165) is 26.2 Å². The second-order valence-corrected chi connectivity index (χ2v) is 5.63. The second-order valence-electron chi connectivity index (χ2n) is 5.63. The third-order valence-electron chi connectivity index (χ3n) is 3.95. The fraction of sp³-hybridized carbons (Fsp3) is 0.500. The monoisotopic (exact) mass is 304 g/mol. The zero-order chi connectivity index (χ0) is 15.9. The van der Waals surface area contributed by atoms with Gasteiger partial charge < -0.3 is 9.80 Å². The third kappa shape index (κ3) is 4.46. The molecule has 0 aliphatic carbocycles. The van der Waals surface area contributed by atoms with Crippen molar-refractivity contribution in [3.8, 4) is 0 Å². The molecular formula is C16H24N4O2. The Morgan fingerprint density at radius 1 is 1.18 bits per heavy atom. The molecule has 1 aliphatic rings. The summed E-state index contributed by atoms with van der Waals surface area (Å²) in [4.78, 5) is 27.3. The summed E-state index contributed by atoms with van der Waals surface area (Å²) in [5.41, 5.74) is 4.54. The maximum atomic E-state index is 12.1. The molecule has 1 saturated heterocycles. The standard InChI is InChI=1S/C16H24N4O2/c1-13-4-2-5-14(12-13)19-8-10-20(11-9-19)16(22)7-3-6-15(21)18-17/h2,4-5,12H,3,6-11,17H2,1H3,(H,18,21). The van der Waals surface area contributed by atoms with Crippen LogP contribution in [-0.4, -0.2) is 42.9 Å². The van der Waals surface area contributed by atoms with Gasteiger partial charge in [0.1, 0.15) is 0 Å². The van der Waals surface area contributed by atoms with Gasteiger partial charge in [0.25, 0.3) is 0 Å². The number of aryl methyl sites for hydroxylation is 1. The van der Waals surface area contributed by atoms with E-state index in [0.29, 0.717) is 19.3 Å². The lowest BCUT2D eigenvalue weighted by Gasteiger charge is -2.36. The number of nitrogens with two attached hydrogens (primary N) is 1. The quantitative estimate of drug-likeness (QED) is 0.479. The molecule has 0 bridgehead atoms. The summed E-state index contributed by atoms with van der Waals surface area (Å²) in [5.74, 6) is 4.91. The van der Waals surface area contributed by atoms with Crippen LogP contribution in [-0.2, 0) is 9.59 Å². The van der Waals surface area contributed by atoms with Crippen LogP contribution in [0.5, 0.6) is 0 Å². The fourth-order valence-electron chi connectivity index (χ4n) is 2.67. The molecule has 1 aliphatic heterocycles. The zero-order valence-corrected chi connectivity index (χ0v) is 13.0. The normalized spacial score (nSPS) is 14.8. The van der Waals surface area contributed by atoms with E-state index >= 15 is 0 Å². The minimum Gasteiger partial charge on any atom is -0.368 e. The van der Waals surface area contributed by atoms with Gasteiger partial charge in [0.15, 0.2) is 0 Å². The van der Waals surface area contributed by atoms with E-state index in [1.807, 2.05) is 4.90 Å². The lowest BCUT2D eigenvalue weighted by Crippen LogP contribution is -2.48. The topological polar surface area (TPSA) is 78.7 Å². The van der Waals surface area contributed by atoms with Crippen LogP contribution in [0.15, 0.2) is 24.3 Å². The second kappa shape index (κ2) is 7.79. The minimum atomic E-state index is -0.225. The average Bonchev–Trinajstić information content (AvgIpc) is 2.54. The Kier molecular flexibility index (Phi) is 5.77. The first-order valence-electron chi connectivity index (χ1n) is 7.69. The Bertz CT molecular complexity index is 525. The van der Waals surface area contributed by atoms with Gasteiger partial charge in [-0.3, -0.25) is 15.0 Å². The zero-order valence-electron chi connectivity index (χ0n) is 13.0. The molecule has 1 aromatic carbocycles. The lowest BCUT2D eigenvalue weighted by molar-refractivity contribution is -0.131. The SMILES string of the molecule is Cc1cccc(N2CCN(C(=O)CCCC(=O)NN)CC2)c1. The first kappa shape index (κ1) is 16.3. The van der Waals surface area contributed by atoms with Crippen molar-refractivity contribution in [2.24, 2.45) is 5.84 Å². The number of nitrogens with one attached hydrogen (secondary N) is 1. The summed E-state index contributed by atoms with van der Waals surface area (Å²) in [6.07, 6.45) is 1.24. The van der Waals surface area contributed by atoms with Gasteiger partial charge in [0.05, 0.1) is 0 Å². The van der Waals surface area contributed by atoms with Crippen molar-refractivity contribution in [1.82, 2.24) is 10.3 Å². The Labute approximate surface area is 131 Å². The molecule has 22 heavy (non-hydrogen) atoms. The maximum absolute atomic E-state index is 12.1. The summed E-state index contributed by atoms with van der Waals surface area (Å²) in [6.45, 7) is 5.24.